The average molecular weight is 384 g/mol. The van der Waals surface area contributed by atoms with Gasteiger partial charge in [0.1, 0.15) is 21.7 Å². The van der Waals surface area contributed by atoms with E-state index in [2.05, 4.69) is 17.6 Å². The maximum atomic E-state index is 13.2. The second-order valence-corrected chi connectivity index (χ2v) is 6.58. The fourth-order valence-electron chi connectivity index (χ4n) is 2.98. The Labute approximate surface area is 156 Å². The highest BCUT2D eigenvalue weighted by Gasteiger charge is 2.21. The van der Waals surface area contributed by atoms with E-state index in [1.807, 2.05) is 0 Å². The largest absolute Gasteiger partial charge is 0.506 e. The molecule has 27 heavy (non-hydrogen) atoms. The number of hydrogen-bond acceptors (Lipinski definition) is 6. The van der Waals surface area contributed by atoms with Crippen LogP contribution in [-0.2, 0) is 6.54 Å². The number of thiol groups is 1. The quantitative estimate of drug-likeness (QED) is 0.410. The topological polar surface area (TPSA) is 85.3 Å². The Balaban J connectivity index is 2.14. The van der Waals surface area contributed by atoms with E-state index in [0.29, 0.717) is 22.3 Å². The summed E-state index contributed by atoms with van der Waals surface area (Å²) in [6.07, 6.45) is 0. The minimum Gasteiger partial charge on any atom is -0.506 e. The smallest absolute Gasteiger partial charge is 0.353 e. The minimum atomic E-state index is -0.846. The molecule has 0 fully saturated rings. The highest BCUT2D eigenvalue weighted by Crippen LogP contribution is 2.30. The molecule has 0 bridgehead atoms. The van der Waals surface area contributed by atoms with Crippen LogP contribution in [0, 0.1) is 12.7 Å². The molecule has 0 aliphatic rings. The first-order valence-electron chi connectivity index (χ1n) is 8.00. The summed E-state index contributed by atoms with van der Waals surface area (Å²) in [5, 5.41) is 10.6. The van der Waals surface area contributed by atoms with Crippen molar-refractivity contribution >= 4 is 34.6 Å². The Hall–Kier alpha value is -3.13. The van der Waals surface area contributed by atoms with Crippen molar-refractivity contribution < 1.29 is 13.9 Å². The second-order valence-electron chi connectivity index (χ2n) is 6.13. The molecule has 136 valence electrons. The number of pyridine rings is 2. The summed E-state index contributed by atoms with van der Waals surface area (Å²) in [4.78, 5) is 29.1. The Morgan fingerprint density at radius 3 is 2.59 bits per heavy atom. The van der Waals surface area contributed by atoms with Crippen molar-refractivity contribution in [2.45, 2.75) is 18.4 Å². The van der Waals surface area contributed by atoms with Crippen molar-refractivity contribution in [3.05, 3.63) is 74.2 Å². The summed E-state index contributed by atoms with van der Waals surface area (Å²) in [5.74, 6) is -0.924. The van der Waals surface area contributed by atoms with E-state index in [-0.39, 0.29) is 28.2 Å². The zero-order valence-corrected chi connectivity index (χ0v) is 15.0. The van der Waals surface area contributed by atoms with Crippen LogP contribution in [0.1, 0.15) is 11.3 Å². The Morgan fingerprint density at radius 1 is 1.19 bits per heavy atom. The number of rotatable bonds is 2. The van der Waals surface area contributed by atoms with Crippen molar-refractivity contribution in [1.82, 2.24) is 9.55 Å². The van der Waals surface area contributed by atoms with Crippen LogP contribution in [0.5, 0.6) is 5.75 Å². The van der Waals surface area contributed by atoms with Crippen molar-refractivity contribution in [3.8, 4) is 5.75 Å². The van der Waals surface area contributed by atoms with Crippen molar-refractivity contribution in [1.29, 1.82) is 0 Å². The molecule has 4 aromatic rings. The van der Waals surface area contributed by atoms with Gasteiger partial charge in [0, 0.05) is 5.69 Å². The lowest BCUT2D eigenvalue weighted by molar-refractivity contribution is 0.447. The molecule has 0 radical (unpaired) electrons. The molecule has 0 spiro atoms. The first kappa shape index (κ1) is 17.3. The summed E-state index contributed by atoms with van der Waals surface area (Å²) in [7, 11) is 0. The van der Waals surface area contributed by atoms with Crippen LogP contribution < -0.4 is 11.2 Å². The normalized spacial score (nSPS) is 11.4. The van der Waals surface area contributed by atoms with E-state index in [9.17, 15) is 19.1 Å². The number of aryl methyl sites for hydroxylation is 1. The first-order chi connectivity index (χ1) is 12.9. The van der Waals surface area contributed by atoms with E-state index < -0.39 is 16.9 Å². The zero-order chi connectivity index (χ0) is 19.3. The lowest BCUT2D eigenvalue weighted by Gasteiger charge is -2.13. The minimum absolute atomic E-state index is 0.0434. The summed E-state index contributed by atoms with van der Waals surface area (Å²) >= 11 is 3.93. The molecular weight excluding hydrogens is 371 g/mol. The van der Waals surface area contributed by atoms with Gasteiger partial charge in [-0.3, -0.25) is 9.36 Å². The van der Waals surface area contributed by atoms with E-state index in [1.54, 1.807) is 31.2 Å². The number of halogens is 1. The molecule has 6 nitrogen and oxygen atoms in total. The van der Waals surface area contributed by atoms with Crippen LogP contribution >= 0.6 is 12.6 Å². The van der Waals surface area contributed by atoms with Gasteiger partial charge in [-0.1, -0.05) is 12.1 Å². The van der Waals surface area contributed by atoms with Crippen LogP contribution in [0.15, 0.2) is 55.3 Å². The van der Waals surface area contributed by atoms with Gasteiger partial charge >= 0.3 is 5.63 Å². The number of nitrogens with zero attached hydrogens (tertiary/aromatic N) is 2. The highest BCUT2D eigenvalue weighted by atomic mass is 32.1. The summed E-state index contributed by atoms with van der Waals surface area (Å²) in [5.41, 5.74) is 0.152. The van der Waals surface area contributed by atoms with Gasteiger partial charge < -0.3 is 9.52 Å². The van der Waals surface area contributed by atoms with Crippen LogP contribution in [0.25, 0.3) is 22.0 Å². The van der Waals surface area contributed by atoms with Gasteiger partial charge in [-0.2, -0.15) is 0 Å². The van der Waals surface area contributed by atoms with E-state index in [0.717, 1.165) is 0 Å². The molecule has 4 rings (SSSR count). The first-order valence-corrected chi connectivity index (χ1v) is 8.45. The molecule has 3 aromatic heterocycles. The van der Waals surface area contributed by atoms with Crippen molar-refractivity contribution in [2.75, 3.05) is 0 Å². The van der Waals surface area contributed by atoms with Gasteiger partial charge in [0.2, 0.25) is 0 Å². The highest BCUT2D eigenvalue weighted by molar-refractivity contribution is 7.80. The molecule has 0 saturated heterocycles. The zero-order valence-electron chi connectivity index (χ0n) is 14.1. The second kappa shape index (κ2) is 6.24. The van der Waals surface area contributed by atoms with Crippen LogP contribution in [0.2, 0.25) is 0 Å². The third-order valence-corrected chi connectivity index (χ3v) is 4.70. The summed E-state index contributed by atoms with van der Waals surface area (Å²) in [6, 6.07) is 9.09. The van der Waals surface area contributed by atoms with Gasteiger partial charge in [0.05, 0.1) is 11.9 Å². The number of hydrogen-bond donors (Lipinski definition) is 2. The van der Waals surface area contributed by atoms with Gasteiger partial charge in [-0.05, 0) is 36.8 Å². The summed E-state index contributed by atoms with van der Waals surface area (Å²) in [6.45, 7) is 1.86. The number of fused-ring (bicyclic) bond motifs is 3. The van der Waals surface area contributed by atoms with Crippen molar-refractivity contribution in [3.63, 3.8) is 0 Å². The molecule has 1 N–H and O–H groups in total. The van der Waals surface area contributed by atoms with Gasteiger partial charge in [0.15, 0.2) is 11.3 Å². The molecule has 0 atom stereocenters. The van der Waals surface area contributed by atoms with Crippen LogP contribution in [0.4, 0.5) is 4.39 Å². The van der Waals surface area contributed by atoms with E-state index in [4.69, 9.17) is 4.42 Å². The van der Waals surface area contributed by atoms with Crippen LogP contribution in [-0.4, -0.2) is 14.7 Å². The van der Waals surface area contributed by atoms with Crippen molar-refractivity contribution in [2.24, 2.45) is 0 Å². The Bertz CT molecular complexity index is 1330. The van der Waals surface area contributed by atoms with Crippen LogP contribution in [0.3, 0.4) is 0 Å². The molecular formula is C19H13FN2O4S. The average Bonchev–Trinajstić information content (AvgIpc) is 2.64. The van der Waals surface area contributed by atoms with Gasteiger partial charge in [0.25, 0.3) is 5.56 Å². The predicted molar refractivity (Wildman–Crippen MR) is 101 cm³/mol. The third-order valence-electron chi connectivity index (χ3n) is 4.30. The molecule has 8 heteroatoms. The molecule has 0 unspecified atom stereocenters. The van der Waals surface area contributed by atoms with E-state index >= 15 is 0 Å². The maximum absolute atomic E-state index is 13.2. The summed E-state index contributed by atoms with van der Waals surface area (Å²) < 4.78 is 19.8. The Morgan fingerprint density at radius 2 is 1.89 bits per heavy atom. The molecule has 0 aliphatic carbocycles. The van der Waals surface area contributed by atoms with Gasteiger partial charge in [-0.15, -0.1) is 12.6 Å². The maximum Gasteiger partial charge on any atom is 0.353 e. The fraction of sp³-hybridized carbons (Fsp3) is 0.105. The lowest BCUT2D eigenvalue weighted by atomic mass is 10.1. The lowest BCUT2D eigenvalue weighted by Crippen LogP contribution is -2.23. The predicted octanol–water partition coefficient (Wildman–Crippen LogP) is 2.99. The number of benzene rings is 1. The number of aromatic nitrogens is 2. The fourth-order valence-corrected chi connectivity index (χ4v) is 3.14. The number of aromatic hydroxyl groups is 1. The monoisotopic (exact) mass is 384 g/mol. The molecule has 0 saturated carbocycles. The Kier molecular flexibility index (Phi) is 4.00. The standard InChI is InChI=1S/C19H13FN2O4S/c1-9-2-7-12-15-13(14(23)16(27)19(25)26-15)18(24)22(17(12)21-9)8-10-3-5-11(20)6-4-10/h2-7,23,27H,8H2,1H3. The third kappa shape index (κ3) is 2.78. The molecule has 1 aromatic carbocycles. The molecule has 3 heterocycles. The molecule has 0 aliphatic heterocycles. The SMILES string of the molecule is Cc1ccc2c3oc(=O)c(S)c(O)c3c(=O)n(Cc3ccc(F)cc3)c2n1. The van der Waals surface area contributed by atoms with E-state index in [1.165, 1.54) is 16.7 Å². The van der Waals surface area contributed by atoms with Gasteiger partial charge in [-0.25, -0.2) is 14.2 Å². The molecule has 0 amide bonds.